The van der Waals surface area contributed by atoms with Crippen molar-refractivity contribution < 1.29 is 19.5 Å². The van der Waals surface area contributed by atoms with Gasteiger partial charge in [-0.15, -0.1) is 0 Å². The molecule has 0 atom stereocenters. The number of amides is 3. The topological polar surface area (TPSA) is 98.7 Å². The average molecular weight is 365 g/mol. The molecule has 0 aromatic heterocycles. The SMILES string of the molecule is CC(C)N(CC(=O)O)C(=O)CCNC(=O)NC12CC3CC(CC(C3)C1)C2. The monoisotopic (exact) mass is 365 g/mol. The molecular weight excluding hydrogens is 334 g/mol. The molecule has 4 aliphatic carbocycles. The van der Waals surface area contributed by atoms with Crippen LogP contribution in [0.1, 0.15) is 58.8 Å². The first kappa shape index (κ1) is 19.0. The Hall–Kier alpha value is -1.79. The second-order valence-corrected chi connectivity index (χ2v) is 8.84. The van der Waals surface area contributed by atoms with E-state index < -0.39 is 5.97 Å². The molecule has 3 amide bonds. The van der Waals surface area contributed by atoms with Crippen molar-refractivity contribution in [3.8, 4) is 0 Å². The van der Waals surface area contributed by atoms with Gasteiger partial charge in [-0.25, -0.2) is 4.79 Å². The standard InChI is InChI=1S/C19H31N3O4/c1-12(2)22(11-17(24)25)16(23)3-4-20-18(26)21-19-8-13-5-14(9-19)7-15(6-13)10-19/h12-15H,3-11H2,1-2H3,(H,24,25)(H2,20,21,26). The van der Waals surface area contributed by atoms with Crippen LogP contribution in [0.25, 0.3) is 0 Å². The van der Waals surface area contributed by atoms with Crippen molar-refractivity contribution in [2.24, 2.45) is 17.8 Å². The molecule has 0 heterocycles. The van der Waals surface area contributed by atoms with E-state index in [1.807, 2.05) is 0 Å². The number of nitrogens with zero attached hydrogens (tertiary/aromatic N) is 1. The summed E-state index contributed by atoms with van der Waals surface area (Å²) in [5, 5.41) is 14.9. The lowest BCUT2D eigenvalue weighted by atomic mass is 9.53. The lowest BCUT2D eigenvalue weighted by Crippen LogP contribution is -2.61. The van der Waals surface area contributed by atoms with Crippen LogP contribution in [0.3, 0.4) is 0 Å². The van der Waals surface area contributed by atoms with Gasteiger partial charge in [-0.3, -0.25) is 9.59 Å². The summed E-state index contributed by atoms with van der Waals surface area (Å²) in [6.45, 7) is 3.48. The van der Waals surface area contributed by atoms with E-state index in [2.05, 4.69) is 10.6 Å². The summed E-state index contributed by atoms with van der Waals surface area (Å²) in [5.74, 6) is 1.01. The molecule has 4 saturated carbocycles. The van der Waals surface area contributed by atoms with E-state index in [9.17, 15) is 14.4 Å². The fourth-order valence-electron chi connectivity index (χ4n) is 5.68. The molecule has 146 valence electrons. The Morgan fingerprint density at radius 2 is 1.62 bits per heavy atom. The minimum Gasteiger partial charge on any atom is -0.480 e. The van der Waals surface area contributed by atoms with Gasteiger partial charge in [-0.2, -0.15) is 0 Å². The van der Waals surface area contributed by atoms with Gasteiger partial charge in [0.25, 0.3) is 0 Å². The van der Waals surface area contributed by atoms with Crippen molar-refractivity contribution in [3.05, 3.63) is 0 Å². The normalized spacial score (nSPS) is 31.7. The van der Waals surface area contributed by atoms with Crippen molar-refractivity contribution >= 4 is 17.9 Å². The van der Waals surface area contributed by atoms with Gasteiger partial charge in [0.2, 0.25) is 5.91 Å². The molecule has 4 aliphatic rings. The lowest BCUT2D eigenvalue weighted by Gasteiger charge is -2.56. The van der Waals surface area contributed by atoms with Crippen LogP contribution in [0.2, 0.25) is 0 Å². The van der Waals surface area contributed by atoms with Crippen LogP contribution in [0, 0.1) is 17.8 Å². The molecule has 0 spiro atoms. The van der Waals surface area contributed by atoms with E-state index in [-0.39, 0.29) is 43.0 Å². The summed E-state index contributed by atoms with van der Waals surface area (Å²) < 4.78 is 0. The second kappa shape index (κ2) is 7.45. The van der Waals surface area contributed by atoms with E-state index in [1.165, 1.54) is 24.2 Å². The summed E-state index contributed by atoms with van der Waals surface area (Å²) in [7, 11) is 0. The van der Waals surface area contributed by atoms with E-state index in [0.717, 1.165) is 37.0 Å². The summed E-state index contributed by atoms with van der Waals surface area (Å²) in [6.07, 6.45) is 7.35. The van der Waals surface area contributed by atoms with Gasteiger partial charge in [0.05, 0.1) is 0 Å². The first-order valence-electron chi connectivity index (χ1n) is 9.83. The number of carbonyl (C=O) groups excluding carboxylic acids is 2. The van der Waals surface area contributed by atoms with Crippen LogP contribution in [0.4, 0.5) is 4.79 Å². The molecule has 7 nitrogen and oxygen atoms in total. The Balaban J connectivity index is 1.44. The molecule has 4 bridgehead atoms. The molecule has 0 aromatic carbocycles. The number of urea groups is 1. The van der Waals surface area contributed by atoms with Crippen LogP contribution < -0.4 is 10.6 Å². The number of hydrogen-bond donors (Lipinski definition) is 3. The Morgan fingerprint density at radius 1 is 1.08 bits per heavy atom. The van der Waals surface area contributed by atoms with Crippen LogP contribution >= 0.6 is 0 Å². The zero-order valence-corrected chi connectivity index (χ0v) is 15.8. The second-order valence-electron chi connectivity index (χ2n) is 8.84. The molecular formula is C19H31N3O4. The van der Waals surface area contributed by atoms with Gasteiger partial charge < -0.3 is 20.6 Å². The zero-order valence-electron chi connectivity index (χ0n) is 15.8. The fourth-order valence-corrected chi connectivity index (χ4v) is 5.68. The van der Waals surface area contributed by atoms with Gasteiger partial charge in [0.15, 0.2) is 0 Å². The van der Waals surface area contributed by atoms with Crippen molar-refractivity contribution in [3.63, 3.8) is 0 Å². The Labute approximate surface area is 154 Å². The van der Waals surface area contributed by atoms with Gasteiger partial charge >= 0.3 is 12.0 Å². The van der Waals surface area contributed by atoms with E-state index in [0.29, 0.717) is 0 Å². The third-order valence-corrected chi connectivity index (χ3v) is 6.29. The van der Waals surface area contributed by atoms with E-state index in [4.69, 9.17) is 5.11 Å². The van der Waals surface area contributed by atoms with E-state index >= 15 is 0 Å². The molecule has 26 heavy (non-hydrogen) atoms. The summed E-state index contributed by atoms with van der Waals surface area (Å²) in [5.41, 5.74) is -0.0455. The minimum atomic E-state index is -1.03. The Bertz CT molecular complexity index is 540. The van der Waals surface area contributed by atoms with Crippen LogP contribution in [-0.2, 0) is 9.59 Å². The first-order chi connectivity index (χ1) is 12.3. The van der Waals surface area contributed by atoms with Crippen molar-refractivity contribution in [2.45, 2.75) is 70.4 Å². The molecule has 7 heteroatoms. The lowest BCUT2D eigenvalue weighted by molar-refractivity contribution is -0.145. The number of carboxylic acid groups (broad SMARTS) is 1. The zero-order chi connectivity index (χ0) is 18.9. The number of rotatable bonds is 7. The largest absolute Gasteiger partial charge is 0.480 e. The number of carboxylic acids is 1. The highest BCUT2D eigenvalue weighted by molar-refractivity contribution is 5.82. The van der Waals surface area contributed by atoms with E-state index in [1.54, 1.807) is 13.8 Å². The summed E-state index contributed by atoms with van der Waals surface area (Å²) in [4.78, 5) is 36.8. The third kappa shape index (κ3) is 4.30. The smallest absolute Gasteiger partial charge is 0.323 e. The van der Waals surface area contributed by atoms with Crippen LogP contribution in [0.5, 0.6) is 0 Å². The molecule has 4 rings (SSSR count). The maximum atomic E-state index is 12.3. The quantitative estimate of drug-likeness (QED) is 0.642. The molecule has 0 saturated heterocycles. The minimum absolute atomic E-state index is 0.0455. The molecule has 4 fully saturated rings. The molecule has 3 N–H and O–H groups in total. The molecule has 0 aliphatic heterocycles. The summed E-state index contributed by atoms with van der Waals surface area (Å²) in [6, 6.07) is -0.381. The van der Waals surface area contributed by atoms with Crippen molar-refractivity contribution in [1.82, 2.24) is 15.5 Å². The predicted octanol–water partition coefficient (Wildman–Crippen LogP) is 1.97. The number of hydrogen-bond acceptors (Lipinski definition) is 3. The summed E-state index contributed by atoms with van der Waals surface area (Å²) >= 11 is 0. The van der Waals surface area contributed by atoms with Gasteiger partial charge in [-0.1, -0.05) is 0 Å². The highest BCUT2D eigenvalue weighted by Gasteiger charge is 2.51. The van der Waals surface area contributed by atoms with Gasteiger partial charge in [0.1, 0.15) is 6.54 Å². The number of nitrogens with one attached hydrogen (secondary N) is 2. The van der Waals surface area contributed by atoms with Gasteiger partial charge in [-0.05, 0) is 70.1 Å². The third-order valence-electron chi connectivity index (χ3n) is 6.29. The molecule has 0 unspecified atom stereocenters. The highest BCUT2D eigenvalue weighted by Crippen LogP contribution is 2.55. The molecule has 0 aromatic rings. The Kier molecular flexibility index (Phi) is 5.44. The fraction of sp³-hybridized carbons (Fsp3) is 0.842. The number of carbonyl (C=O) groups is 3. The van der Waals surface area contributed by atoms with Crippen LogP contribution in [-0.4, -0.2) is 52.6 Å². The first-order valence-corrected chi connectivity index (χ1v) is 9.83. The van der Waals surface area contributed by atoms with Crippen LogP contribution in [0.15, 0.2) is 0 Å². The predicted molar refractivity (Wildman–Crippen MR) is 96.5 cm³/mol. The maximum absolute atomic E-state index is 12.3. The number of aliphatic carboxylic acids is 1. The van der Waals surface area contributed by atoms with Crippen molar-refractivity contribution in [1.29, 1.82) is 0 Å². The van der Waals surface area contributed by atoms with Gasteiger partial charge in [0, 0.05) is 24.5 Å². The molecule has 0 radical (unpaired) electrons. The maximum Gasteiger partial charge on any atom is 0.323 e. The average Bonchev–Trinajstić information content (AvgIpc) is 2.50. The Morgan fingerprint density at radius 3 is 2.08 bits per heavy atom. The van der Waals surface area contributed by atoms with Crippen molar-refractivity contribution in [2.75, 3.05) is 13.1 Å². The highest BCUT2D eigenvalue weighted by atomic mass is 16.4.